The number of likely N-dealkylation sites (N-methyl/N-ethyl adjacent to an activating group) is 1. The average Bonchev–Trinajstić information content (AvgIpc) is 3.10. The lowest BCUT2D eigenvalue weighted by atomic mass is 10.1. The molecule has 6 nitrogen and oxygen atoms in total. The third-order valence-electron chi connectivity index (χ3n) is 4.63. The molecular weight excluding hydrogens is 352 g/mol. The summed E-state index contributed by atoms with van der Waals surface area (Å²) in [6, 6.07) is 5.52. The summed E-state index contributed by atoms with van der Waals surface area (Å²) in [7, 11) is 3.84. The standard InChI is InChI=1S/C19H23ClN4O2/c1-13-4-5-15(20)12-16(13)24(3)18(25)7-6-17-21-19(22-26-17)14-8-10-23(2)11-9-14/h4-5,8,12H,6-7,9-11H2,1-3H3. The Hall–Kier alpha value is -2.18. The van der Waals surface area contributed by atoms with Crippen LogP contribution in [-0.4, -0.2) is 48.1 Å². The zero-order valence-corrected chi connectivity index (χ0v) is 16.1. The minimum atomic E-state index is -0.0198. The fraction of sp³-hybridized carbons (Fsp3) is 0.421. The van der Waals surface area contributed by atoms with Crippen molar-refractivity contribution in [1.82, 2.24) is 15.0 Å². The molecule has 1 aliphatic heterocycles. The van der Waals surface area contributed by atoms with Gasteiger partial charge in [-0.25, -0.2) is 0 Å². The Labute approximate surface area is 158 Å². The van der Waals surface area contributed by atoms with Gasteiger partial charge in [-0.05, 0) is 43.7 Å². The fourth-order valence-electron chi connectivity index (χ4n) is 2.92. The highest BCUT2D eigenvalue weighted by Crippen LogP contribution is 2.24. The lowest BCUT2D eigenvalue weighted by Crippen LogP contribution is -2.27. The first-order valence-corrected chi connectivity index (χ1v) is 9.05. The quantitative estimate of drug-likeness (QED) is 0.803. The molecule has 0 radical (unpaired) electrons. The molecule has 0 N–H and O–H groups in total. The highest BCUT2D eigenvalue weighted by Gasteiger charge is 2.18. The molecular formula is C19H23ClN4O2. The molecule has 1 aliphatic rings. The largest absolute Gasteiger partial charge is 0.339 e. The van der Waals surface area contributed by atoms with Gasteiger partial charge >= 0.3 is 0 Å². The van der Waals surface area contributed by atoms with E-state index in [1.807, 2.05) is 19.1 Å². The van der Waals surface area contributed by atoms with Crippen molar-refractivity contribution in [3.63, 3.8) is 0 Å². The second kappa shape index (κ2) is 8.01. The van der Waals surface area contributed by atoms with Gasteiger partial charge in [0.05, 0.1) is 0 Å². The van der Waals surface area contributed by atoms with E-state index in [1.165, 1.54) is 0 Å². The van der Waals surface area contributed by atoms with Crippen LogP contribution < -0.4 is 4.90 Å². The van der Waals surface area contributed by atoms with E-state index in [0.29, 0.717) is 29.6 Å². The van der Waals surface area contributed by atoms with Crippen LogP contribution in [-0.2, 0) is 11.2 Å². The topological polar surface area (TPSA) is 62.5 Å². The van der Waals surface area contributed by atoms with E-state index in [1.54, 1.807) is 18.0 Å². The fourth-order valence-corrected chi connectivity index (χ4v) is 3.09. The van der Waals surface area contributed by atoms with Crippen LogP contribution in [0.4, 0.5) is 5.69 Å². The van der Waals surface area contributed by atoms with Crippen LogP contribution in [0, 0.1) is 6.92 Å². The van der Waals surface area contributed by atoms with Gasteiger partial charge in [-0.1, -0.05) is 28.9 Å². The van der Waals surface area contributed by atoms with Crippen molar-refractivity contribution in [3.05, 3.63) is 46.6 Å². The van der Waals surface area contributed by atoms with Gasteiger partial charge in [0, 0.05) is 43.7 Å². The molecule has 0 bridgehead atoms. The molecule has 0 spiro atoms. The molecule has 7 heteroatoms. The first-order chi connectivity index (χ1) is 12.4. The predicted octanol–water partition coefficient (Wildman–Crippen LogP) is 3.35. The van der Waals surface area contributed by atoms with Crippen molar-refractivity contribution in [2.75, 3.05) is 32.1 Å². The van der Waals surface area contributed by atoms with Crippen LogP contribution in [0.3, 0.4) is 0 Å². The van der Waals surface area contributed by atoms with Gasteiger partial charge in [-0.3, -0.25) is 4.79 Å². The highest BCUT2D eigenvalue weighted by atomic mass is 35.5. The number of aromatic nitrogens is 2. The Balaban J connectivity index is 1.60. The molecule has 2 heterocycles. The third kappa shape index (κ3) is 4.31. The van der Waals surface area contributed by atoms with Crippen molar-refractivity contribution < 1.29 is 9.32 Å². The molecule has 1 aromatic heterocycles. The zero-order chi connectivity index (χ0) is 18.7. The maximum atomic E-state index is 12.5. The van der Waals surface area contributed by atoms with E-state index < -0.39 is 0 Å². The molecule has 1 aromatic carbocycles. The summed E-state index contributed by atoms with van der Waals surface area (Å²) < 4.78 is 5.32. The summed E-state index contributed by atoms with van der Waals surface area (Å²) in [5.74, 6) is 1.11. The van der Waals surface area contributed by atoms with Crippen LogP contribution in [0.2, 0.25) is 5.02 Å². The smallest absolute Gasteiger partial charge is 0.227 e. The second-order valence-electron chi connectivity index (χ2n) is 6.64. The van der Waals surface area contributed by atoms with Crippen molar-refractivity contribution in [1.29, 1.82) is 0 Å². The molecule has 0 unspecified atom stereocenters. The second-order valence-corrected chi connectivity index (χ2v) is 7.07. The molecule has 138 valence electrons. The summed E-state index contributed by atoms with van der Waals surface area (Å²) in [6.07, 6.45) is 3.75. The number of aryl methyl sites for hydroxylation is 2. The first kappa shape index (κ1) is 18.6. The van der Waals surface area contributed by atoms with Crippen LogP contribution in [0.25, 0.3) is 5.57 Å². The van der Waals surface area contributed by atoms with E-state index in [-0.39, 0.29) is 5.91 Å². The van der Waals surface area contributed by atoms with Gasteiger partial charge in [0.25, 0.3) is 0 Å². The SMILES string of the molecule is Cc1ccc(Cl)cc1N(C)C(=O)CCc1nc(C2=CCN(C)CC2)no1. The molecule has 3 rings (SSSR count). The molecule has 0 fully saturated rings. The third-order valence-corrected chi connectivity index (χ3v) is 4.86. The number of amides is 1. The molecule has 0 aliphatic carbocycles. The summed E-state index contributed by atoms with van der Waals surface area (Å²) in [4.78, 5) is 20.8. The number of carbonyl (C=O) groups excluding carboxylic acids is 1. The normalized spacial score (nSPS) is 15.0. The molecule has 0 saturated heterocycles. The van der Waals surface area contributed by atoms with Gasteiger partial charge in [-0.15, -0.1) is 0 Å². The van der Waals surface area contributed by atoms with Crippen molar-refractivity contribution >= 4 is 28.8 Å². The zero-order valence-electron chi connectivity index (χ0n) is 15.3. The Bertz CT molecular complexity index is 831. The minimum absolute atomic E-state index is 0.0198. The number of hydrogen-bond donors (Lipinski definition) is 0. The summed E-state index contributed by atoms with van der Waals surface area (Å²) in [6.45, 7) is 3.83. The summed E-state index contributed by atoms with van der Waals surface area (Å²) >= 11 is 6.04. The molecule has 26 heavy (non-hydrogen) atoms. The van der Waals surface area contributed by atoms with Crippen LogP contribution in [0.1, 0.15) is 30.1 Å². The average molecular weight is 375 g/mol. The Morgan fingerprint density at radius 1 is 1.42 bits per heavy atom. The van der Waals surface area contributed by atoms with Gasteiger partial charge in [0.2, 0.25) is 11.8 Å². The minimum Gasteiger partial charge on any atom is -0.339 e. The number of carbonyl (C=O) groups is 1. The van der Waals surface area contributed by atoms with Gasteiger partial charge in [0.1, 0.15) is 0 Å². The van der Waals surface area contributed by atoms with Crippen LogP contribution in [0.5, 0.6) is 0 Å². The van der Waals surface area contributed by atoms with Crippen molar-refractivity contribution in [2.45, 2.75) is 26.2 Å². The summed E-state index contributed by atoms with van der Waals surface area (Å²) in [5.41, 5.74) is 2.92. The number of nitrogens with zero attached hydrogens (tertiary/aromatic N) is 4. The molecule has 0 saturated carbocycles. The predicted molar refractivity (Wildman–Crippen MR) is 102 cm³/mol. The van der Waals surface area contributed by atoms with Crippen LogP contribution >= 0.6 is 11.6 Å². The number of hydrogen-bond acceptors (Lipinski definition) is 5. The molecule has 0 atom stereocenters. The lowest BCUT2D eigenvalue weighted by Gasteiger charge is -2.20. The maximum Gasteiger partial charge on any atom is 0.227 e. The Morgan fingerprint density at radius 2 is 2.23 bits per heavy atom. The van der Waals surface area contributed by atoms with E-state index >= 15 is 0 Å². The van der Waals surface area contributed by atoms with Gasteiger partial charge < -0.3 is 14.3 Å². The number of rotatable bonds is 5. The molecule has 1 amide bonds. The van der Waals surface area contributed by atoms with Crippen molar-refractivity contribution in [2.24, 2.45) is 0 Å². The Kier molecular flexibility index (Phi) is 5.74. The van der Waals surface area contributed by atoms with E-state index in [2.05, 4.69) is 28.2 Å². The Morgan fingerprint density at radius 3 is 2.96 bits per heavy atom. The first-order valence-electron chi connectivity index (χ1n) is 8.67. The van der Waals surface area contributed by atoms with E-state index in [9.17, 15) is 4.79 Å². The monoisotopic (exact) mass is 374 g/mol. The van der Waals surface area contributed by atoms with Gasteiger partial charge in [-0.2, -0.15) is 4.98 Å². The highest BCUT2D eigenvalue weighted by molar-refractivity contribution is 6.31. The number of benzene rings is 1. The summed E-state index contributed by atoms with van der Waals surface area (Å²) in [5, 5.41) is 4.67. The van der Waals surface area contributed by atoms with Crippen LogP contribution in [0.15, 0.2) is 28.8 Å². The van der Waals surface area contributed by atoms with Gasteiger partial charge in [0.15, 0.2) is 5.82 Å². The number of halogens is 1. The molecule has 2 aromatic rings. The number of anilines is 1. The maximum absolute atomic E-state index is 12.5. The van der Waals surface area contributed by atoms with E-state index in [4.69, 9.17) is 16.1 Å². The van der Waals surface area contributed by atoms with Crippen molar-refractivity contribution in [3.8, 4) is 0 Å². The van der Waals surface area contributed by atoms with E-state index in [0.717, 1.165) is 36.3 Å². The lowest BCUT2D eigenvalue weighted by molar-refractivity contribution is -0.118.